The van der Waals surface area contributed by atoms with Gasteiger partial charge in [-0.15, -0.1) is 23.7 Å². The molecule has 1 amide bonds. The molecule has 0 radical (unpaired) electrons. The number of nitrogens with one attached hydrogen (secondary N) is 1. The van der Waals surface area contributed by atoms with Crippen molar-refractivity contribution in [2.45, 2.75) is 4.90 Å². The lowest BCUT2D eigenvalue weighted by molar-refractivity contribution is 0.0728. The summed E-state index contributed by atoms with van der Waals surface area (Å²) in [6, 6.07) is 1.56. The second-order valence-electron chi connectivity index (χ2n) is 6.52. The Labute approximate surface area is 157 Å². The molecule has 4 rings (SSSR count). The van der Waals surface area contributed by atoms with E-state index in [0.717, 1.165) is 13.1 Å². The Kier molecular flexibility index (Phi) is 5.72. The molecule has 3 aliphatic heterocycles. The monoisotopic (exact) mass is 407 g/mol. The van der Waals surface area contributed by atoms with Crippen LogP contribution in [0.15, 0.2) is 16.3 Å². The summed E-state index contributed by atoms with van der Waals surface area (Å²) >= 11 is 1.22. The number of sulfonamides is 1. The third kappa shape index (κ3) is 3.45. The van der Waals surface area contributed by atoms with Gasteiger partial charge in [-0.3, -0.25) is 4.79 Å². The molecule has 1 aromatic rings. The van der Waals surface area contributed by atoms with Crippen molar-refractivity contribution in [1.82, 2.24) is 14.5 Å². The number of rotatable bonds is 3. The fourth-order valence-electron chi connectivity index (χ4n) is 3.75. The van der Waals surface area contributed by atoms with Crippen molar-refractivity contribution in [3.63, 3.8) is 0 Å². The highest BCUT2D eigenvalue weighted by molar-refractivity contribution is 7.89. The number of thiophene rings is 1. The molecule has 140 valence electrons. The first-order valence-corrected chi connectivity index (χ1v) is 10.5. The summed E-state index contributed by atoms with van der Waals surface area (Å²) < 4.78 is 32.4. The molecule has 0 spiro atoms. The Hall–Kier alpha value is -0.710. The number of halogens is 1. The number of morpholine rings is 1. The van der Waals surface area contributed by atoms with Crippen LogP contribution in [0.25, 0.3) is 0 Å². The quantitative estimate of drug-likeness (QED) is 0.788. The number of carbonyl (C=O) groups is 1. The van der Waals surface area contributed by atoms with Crippen molar-refractivity contribution >= 4 is 39.7 Å². The van der Waals surface area contributed by atoms with Crippen LogP contribution in [-0.2, 0) is 14.8 Å². The van der Waals surface area contributed by atoms with Gasteiger partial charge in [0, 0.05) is 39.3 Å². The van der Waals surface area contributed by atoms with Gasteiger partial charge in [0.1, 0.15) is 9.77 Å². The van der Waals surface area contributed by atoms with Crippen molar-refractivity contribution in [2.24, 2.45) is 11.8 Å². The highest BCUT2D eigenvalue weighted by Crippen LogP contribution is 2.31. The fraction of sp³-hybridized carbons (Fsp3) is 0.667. The van der Waals surface area contributed by atoms with Crippen LogP contribution in [0.3, 0.4) is 0 Å². The molecule has 2 atom stereocenters. The maximum atomic E-state index is 12.9. The van der Waals surface area contributed by atoms with E-state index in [2.05, 4.69) is 5.32 Å². The molecule has 0 saturated carbocycles. The van der Waals surface area contributed by atoms with Gasteiger partial charge >= 0.3 is 0 Å². The molecule has 7 nitrogen and oxygen atoms in total. The summed E-state index contributed by atoms with van der Waals surface area (Å²) in [5, 5.41) is 5.04. The van der Waals surface area contributed by atoms with Crippen LogP contribution in [-0.4, -0.2) is 76.0 Å². The lowest BCUT2D eigenvalue weighted by Crippen LogP contribution is -2.41. The van der Waals surface area contributed by atoms with Gasteiger partial charge in [-0.25, -0.2) is 8.42 Å². The van der Waals surface area contributed by atoms with Gasteiger partial charge < -0.3 is 15.0 Å². The summed E-state index contributed by atoms with van der Waals surface area (Å²) in [5.41, 5.74) is 0. The zero-order chi connectivity index (χ0) is 16.7. The molecule has 4 heterocycles. The summed E-state index contributed by atoms with van der Waals surface area (Å²) in [6.45, 7) is 4.79. The lowest BCUT2D eigenvalue weighted by atomic mass is 10.0. The van der Waals surface area contributed by atoms with Crippen LogP contribution in [0.5, 0.6) is 0 Å². The number of amides is 1. The van der Waals surface area contributed by atoms with E-state index in [0.29, 0.717) is 56.1 Å². The Bertz CT molecular complexity index is 721. The highest BCUT2D eigenvalue weighted by Gasteiger charge is 2.40. The number of carbonyl (C=O) groups excluding carboxylic acids is 1. The average molecular weight is 408 g/mol. The van der Waals surface area contributed by atoms with Crippen molar-refractivity contribution in [3.05, 3.63) is 16.3 Å². The molecule has 0 unspecified atom stereocenters. The molecular weight excluding hydrogens is 386 g/mol. The predicted octanol–water partition coefficient (Wildman–Crippen LogP) is 0.482. The third-order valence-electron chi connectivity index (χ3n) is 5.09. The van der Waals surface area contributed by atoms with Crippen LogP contribution < -0.4 is 5.32 Å². The summed E-state index contributed by atoms with van der Waals surface area (Å²) in [5.74, 6) is 0.840. The molecule has 0 bridgehead atoms. The van der Waals surface area contributed by atoms with E-state index in [1.54, 1.807) is 11.4 Å². The van der Waals surface area contributed by atoms with Crippen molar-refractivity contribution in [2.75, 3.05) is 52.5 Å². The zero-order valence-corrected chi connectivity index (χ0v) is 16.2. The molecule has 0 aliphatic carbocycles. The Balaban J connectivity index is 0.00000182. The van der Waals surface area contributed by atoms with Crippen molar-refractivity contribution in [1.29, 1.82) is 0 Å². The average Bonchev–Trinajstić information content (AvgIpc) is 3.30. The first-order chi connectivity index (χ1) is 11.6. The molecule has 10 heteroatoms. The molecule has 0 aromatic carbocycles. The van der Waals surface area contributed by atoms with Gasteiger partial charge in [0.25, 0.3) is 5.91 Å². The molecule has 25 heavy (non-hydrogen) atoms. The molecule has 3 saturated heterocycles. The van der Waals surface area contributed by atoms with Crippen LogP contribution in [0.4, 0.5) is 0 Å². The third-order valence-corrected chi connectivity index (χ3v) is 8.06. The summed E-state index contributed by atoms with van der Waals surface area (Å²) in [6.07, 6.45) is 0. The lowest BCUT2D eigenvalue weighted by Gasteiger charge is -2.26. The van der Waals surface area contributed by atoms with E-state index in [1.165, 1.54) is 15.6 Å². The normalized spacial score (nSPS) is 27.1. The second kappa shape index (κ2) is 7.50. The van der Waals surface area contributed by atoms with E-state index in [9.17, 15) is 13.2 Å². The van der Waals surface area contributed by atoms with Crippen LogP contribution in [0, 0.1) is 11.8 Å². The Morgan fingerprint density at radius 1 is 1.20 bits per heavy atom. The van der Waals surface area contributed by atoms with Crippen molar-refractivity contribution < 1.29 is 17.9 Å². The molecule has 3 aliphatic rings. The minimum Gasteiger partial charge on any atom is -0.379 e. The van der Waals surface area contributed by atoms with Gasteiger partial charge in [0.05, 0.1) is 13.2 Å². The van der Waals surface area contributed by atoms with Gasteiger partial charge in [-0.1, -0.05) is 0 Å². The SMILES string of the molecule is Cl.O=C(c1sccc1S(=O)(=O)N1CCOCC1)N1C[C@H]2CNC[C@H]2C1. The van der Waals surface area contributed by atoms with E-state index in [4.69, 9.17) is 4.74 Å². The number of likely N-dealkylation sites (tertiary alicyclic amines) is 1. The molecule has 3 fully saturated rings. The van der Waals surface area contributed by atoms with E-state index >= 15 is 0 Å². The molecular formula is C15H22ClN3O4S2. The van der Waals surface area contributed by atoms with Crippen molar-refractivity contribution in [3.8, 4) is 0 Å². The van der Waals surface area contributed by atoms with Gasteiger partial charge in [0.15, 0.2) is 0 Å². The highest BCUT2D eigenvalue weighted by atomic mass is 35.5. The van der Waals surface area contributed by atoms with E-state index < -0.39 is 10.0 Å². The van der Waals surface area contributed by atoms with Gasteiger partial charge in [0.2, 0.25) is 10.0 Å². The zero-order valence-electron chi connectivity index (χ0n) is 13.7. The van der Waals surface area contributed by atoms with Gasteiger partial charge in [-0.2, -0.15) is 4.31 Å². The Morgan fingerprint density at radius 3 is 2.48 bits per heavy atom. The second-order valence-corrected chi connectivity index (χ2v) is 9.34. The topological polar surface area (TPSA) is 79.0 Å². The number of hydrogen-bond acceptors (Lipinski definition) is 6. The Morgan fingerprint density at radius 2 is 1.84 bits per heavy atom. The number of ether oxygens (including phenoxy) is 1. The van der Waals surface area contributed by atoms with Gasteiger partial charge in [-0.05, 0) is 23.3 Å². The molecule has 1 N–H and O–H groups in total. The smallest absolute Gasteiger partial charge is 0.265 e. The standard InChI is InChI=1S/C15H21N3O4S2.ClH/c19-15(17-9-11-7-16-8-12(11)10-17)14-13(1-6-23-14)24(20,21)18-2-4-22-5-3-18;/h1,6,11-12,16H,2-5,7-10H2;1H/t11-,12+;. The number of hydrogen-bond donors (Lipinski definition) is 1. The predicted molar refractivity (Wildman–Crippen MR) is 96.9 cm³/mol. The van der Waals surface area contributed by atoms with Crippen LogP contribution in [0.1, 0.15) is 9.67 Å². The minimum atomic E-state index is -3.64. The van der Waals surface area contributed by atoms with E-state index in [-0.39, 0.29) is 23.2 Å². The van der Waals surface area contributed by atoms with E-state index in [1.807, 2.05) is 4.90 Å². The summed E-state index contributed by atoms with van der Waals surface area (Å²) in [7, 11) is -3.64. The minimum absolute atomic E-state index is 0. The van der Waals surface area contributed by atoms with Crippen LogP contribution >= 0.6 is 23.7 Å². The van der Waals surface area contributed by atoms with Crippen LogP contribution in [0.2, 0.25) is 0 Å². The summed E-state index contributed by atoms with van der Waals surface area (Å²) in [4.78, 5) is 15.2. The fourth-order valence-corrected chi connectivity index (χ4v) is 6.52. The largest absolute Gasteiger partial charge is 0.379 e. The molecule has 1 aromatic heterocycles. The number of fused-ring (bicyclic) bond motifs is 1. The first kappa shape index (κ1) is 19.1. The first-order valence-electron chi connectivity index (χ1n) is 8.23. The number of nitrogens with zero attached hydrogens (tertiary/aromatic N) is 2. The maximum Gasteiger partial charge on any atom is 0.265 e. The maximum absolute atomic E-state index is 12.9.